The summed E-state index contributed by atoms with van der Waals surface area (Å²) in [6.45, 7) is 2.12. The number of rotatable bonds is 6. The van der Waals surface area contributed by atoms with Gasteiger partial charge in [-0.1, -0.05) is 6.92 Å². The molecule has 0 atom stereocenters. The molecule has 0 saturated heterocycles. The van der Waals surface area contributed by atoms with Crippen LogP contribution in [0.3, 0.4) is 0 Å². The fourth-order valence-electron chi connectivity index (χ4n) is 1.48. The molecule has 15 heavy (non-hydrogen) atoms. The maximum absolute atomic E-state index is 11.5. The van der Waals surface area contributed by atoms with Gasteiger partial charge in [0.15, 0.2) is 0 Å². The molecule has 1 N–H and O–H groups in total. The Balaban J connectivity index is 2.55. The van der Waals surface area contributed by atoms with Crippen LogP contribution in [0.15, 0.2) is 6.07 Å². The van der Waals surface area contributed by atoms with Crippen LogP contribution in [0, 0.1) is 0 Å². The molecule has 4 nitrogen and oxygen atoms in total. The van der Waals surface area contributed by atoms with Crippen LogP contribution in [0.25, 0.3) is 0 Å². The molecule has 0 spiro atoms. The van der Waals surface area contributed by atoms with Crippen molar-refractivity contribution >= 4 is 5.78 Å². The second kappa shape index (κ2) is 5.66. The van der Waals surface area contributed by atoms with Gasteiger partial charge in [0.2, 0.25) is 0 Å². The predicted octanol–water partition coefficient (Wildman–Crippen LogP) is 0.867. The first-order valence-corrected chi connectivity index (χ1v) is 5.31. The quantitative estimate of drug-likeness (QED) is 0.758. The zero-order valence-corrected chi connectivity index (χ0v) is 9.36. The number of ketones is 1. The Bertz CT molecular complexity index is 331. The van der Waals surface area contributed by atoms with E-state index in [-0.39, 0.29) is 12.4 Å². The third kappa shape index (κ3) is 3.47. The molecule has 0 unspecified atom stereocenters. The summed E-state index contributed by atoms with van der Waals surface area (Å²) in [5, 5.41) is 12.9. The SMILES string of the molecule is CCc1cc(CC(=O)CCCO)n(C)n1. The van der Waals surface area contributed by atoms with E-state index in [4.69, 9.17) is 5.11 Å². The van der Waals surface area contributed by atoms with Crippen LogP contribution in [0.2, 0.25) is 0 Å². The predicted molar refractivity (Wildman–Crippen MR) is 57.6 cm³/mol. The molecular weight excluding hydrogens is 192 g/mol. The summed E-state index contributed by atoms with van der Waals surface area (Å²) < 4.78 is 1.76. The van der Waals surface area contributed by atoms with Crippen LogP contribution >= 0.6 is 0 Å². The molecule has 1 heterocycles. The summed E-state index contributed by atoms with van der Waals surface area (Å²) in [5.74, 6) is 0.162. The van der Waals surface area contributed by atoms with Crippen LogP contribution in [-0.2, 0) is 24.7 Å². The number of aliphatic hydroxyl groups excluding tert-OH is 1. The summed E-state index contributed by atoms with van der Waals surface area (Å²) in [5.41, 5.74) is 1.97. The molecule has 0 aliphatic carbocycles. The van der Waals surface area contributed by atoms with Crippen molar-refractivity contribution in [1.82, 2.24) is 9.78 Å². The third-order valence-electron chi connectivity index (χ3n) is 2.38. The number of aryl methyl sites for hydroxylation is 2. The van der Waals surface area contributed by atoms with Gasteiger partial charge in [0.25, 0.3) is 0 Å². The van der Waals surface area contributed by atoms with Crippen molar-refractivity contribution < 1.29 is 9.90 Å². The average molecular weight is 210 g/mol. The van der Waals surface area contributed by atoms with E-state index in [1.807, 2.05) is 20.0 Å². The van der Waals surface area contributed by atoms with Crippen molar-refractivity contribution in [2.24, 2.45) is 7.05 Å². The highest BCUT2D eigenvalue weighted by Crippen LogP contribution is 2.06. The highest BCUT2D eigenvalue weighted by Gasteiger charge is 2.08. The minimum atomic E-state index is 0.0807. The maximum Gasteiger partial charge on any atom is 0.138 e. The van der Waals surface area contributed by atoms with Gasteiger partial charge in [-0.15, -0.1) is 0 Å². The topological polar surface area (TPSA) is 55.1 Å². The maximum atomic E-state index is 11.5. The van der Waals surface area contributed by atoms with Crippen LogP contribution in [0.5, 0.6) is 0 Å². The van der Waals surface area contributed by atoms with Gasteiger partial charge >= 0.3 is 0 Å². The van der Waals surface area contributed by atoms with Gasteiger partial charge in [0, 0.05) is 32.2 Å². The van der Waals surface area contributed by atoms with Gasteiger partial charge in [-0.05, 0) is 18.9 Å². The molecule has 0 radical (unpaired) electrons. The zero-order valence-electron chi connectivity index (χ0n) is 9.36. The molecule has 0 aliphatic rings. The number of hydrogen-bond donors (Lipinski definition) is 1. The summed E-state index contributed by atoms with van der Waals surface area (Å²) in [6.07, 6.45) is 2.31. The number of Topliss-reactive ketones (excluding diaryl/α,β-unsaturated/α-hetero) is 1. The first-order valence-electron chi connectivity index (χ1n) is 5.31. The number of hydrogen-bond acceptors (Lipinski definition) is 3. The molecule has 1 aromatic rings. The van der Waals surface area contributed by atoms with Gasteiger partial charge < -0.3 is 5.11 Å². The Morgan fingerprint density at radius 2 is 2.33 bits per heavy atom. The van der Waals surface area contributed by atoms with Crippen molar-refractivity contribution in [2.75, 3.05) is 6.61 Å². The first-order chi connectivity index (χ1) is 7.17. The number of carbonyl (C=O) groups is 1. The van der Waals surface area contributed by atoms with Crippen LogP contribution in [0.1, 0.15) is 31.2 Å². The smallest absolute Gasteiger partial charge is 0.138 e. The van der Waals surface area contributed by atoms with Gasteiger partial charge in [0.05, 0.1) is 5.69 Å². The molecular formula is C11H18N2O2. The largest absolute Gasteiger partial charge is 0.396 e. The second-order valence-electron chi connectivity index (χ2n) is 3.65. The van der Waals surface area contributed by atoms with Crippen molar-refractivity contribution in [3.05, 3.63) is 17.5 Å². The Hall–Kier alpha value is -1.16. The highest BCUT2D eigenvalue weighted by atomic mass is 16.3. The zero-order chi connectivity index (χ0) is 11.3. The molecule has 4 heteroatoms. The van der Waals surface area contributed by atoms with Crippen molar-refractivity contribution in [2.45, 2.75) is 32.6 Å². The van der Waals surface area contributed by atoms with Crippen molar-refractivity contribution in [3.8, 4) is 0 Å². The van der Waals surface area contributed by atoms with Gasteiger partial charge in [0.1, 0.15) is 5.78 Å². The minimum Gasteiger partial charge on any atom is -0.396 e. The molecule has 1 aromatic heterocycles. The summed E-state index contributed by atoms with van der Waals surface area (Å²) >= 11 is 0. The molecule has 0 fully saturated rings. The van der Waals surface area contributed by atoms with E-state index in [0.29, 0.717) is 19.3 Å². The Morgan fingerprint density at radius 1 is 1.60 bits per heavy atom. The van der Waals surface area contributed by atoms with Crippen LogP contribution in [0.4, 0.5) is 0 Å². The van der Waals surface area contributed by atoms with E-state index in [9.17, 15) is 4.79 Å². The fourth-order valence-corrected chi connectivity index (χ4v) is 1.48. The van der Waals surface area contributed by atoms with E-state index in [0.717, 1.165) is 17.8 Å². The lowest BCUT2D eigenvalue weighted by Gasteiger charge is -2.00. The highest BCUT2D eigenvalue weighted by molar-refractivity contribution is 5.80. The average Bonchev–Trinajstić information content (AvgIpc) is 2.57. The van der Waals surface area contributed by atoms with Crippen molar-refractivity contribution in [3.63, 3.8) is 0 Å². The standard InChI is InChI=1S/C11H18N2O2/c1-3-9-7-10(13(2)12-9)8-11(15)5-4-6-14/h7,14H,3-6,8H2,1-2H3. The molecule has 0 bridgehead atoms. The molecule has 84 valence electrons. The van der Waals surface area contributed by atoms with E-state index in [1.165, 1.54) is 0 Å². The fraction of sp³-hybridized carbons (Fsp3) is 0.636. The van der Waals surface area contributed by atoms with Crippen LogP contribution in [-0.4, -0.2) is 27.3 Å². The molecule has 0 aromatic carbocycles. The second-order valence-corrected chi connectivity index (χ2v) is 3.65. The Kier molecular flexibility index (Phi) is 4.49. The molecule has 0 aliphatic heterocycles. The monoisotopic (exact) mass is 210 g/mol. The Labute approximate surface area is 89.9 Å². The molecule has 0 saturated carbocycles. The molecule has 0 amide bonds. The first kappa shape index (κ1) is 11.9. The number of nitrogens with zero attached hydrogens (tertiary/aromatic N) is 2. The minimum absolute atomic E-state index is 0.0807. The summed E-state index contributed by atoms with van der Waals surface area (Å²) in [7, 11) is 1.85. The Morgan fingerprint density at radius 3 is 2.87 bits per heavy atom. The summed E-state index contributed by atoms with van der Waals surface area (Å²) in [6, 6.07) is 1.97. The normalized spacial score (nSPS) is 10.6. The van der Waals surface area contributed by atoms with E-state index in [2.05, 4.69) is 5.10 Å². The van der Waals surface area contributed by atoms with Gasteiger partial charge in [-0.25, -0.2) is 0 Å². The van der Waals surface area contributed by atoms with Crippen LogP contribution < -0.4 is 0 Å². The van der Waals surface area contributed by atoms with E-state index >= 15 is 0 Å². The lowest BCUT2D eigenvalue weighted by molar-refractivity contribution is -0.118. The van der Waals surface area contributed by atoms with E-state index < -0.39 is 0 Å². The third-order valence-corrected chi connectivity index (χ3v) is 2.38. The van der Waals surface area contributed by atoms with Crippen molar-refractivity contribution in [1.29, 1.82) is 0 Å². The molecule has 1 rings (SSSR count). The summed E-state index contributed by atoms with van der Waals surface area (Å²) in [4.78, 5) is 11.5. The van der Waals surface area contributed by atoms with Gasteiger partial charge in [-0.3, -0.25) is 9.48 Å². The lowest BCUT2D eigenvalue weighted by atomic mass is 10.1. The van der Waals surface area contributed by atoms with E-state index in [1.54, 1.807) is 4.68 Å². The number of carbonyl (C=O) groups excluding carboxylic acids is 1. The lowest BCUT2D eigenvalue weighted by Crippen LogP contribution is -2.07. The van der Waals surface area contributed by atoms with Gasteiger partial charge in [-0.2, -0.15) is 5.10 Å². The number of aliphatic hydroxyl groups is 1. The number of aromatic nitrogens is 2.